The number of hydrogen-bond donors (Lipinski definition) is 1. The summed E-state index contributed by atoms with van der Waals surface area (Å²) < 4.78 is 0. The Bertz CT molecular complexity index is 570. The lowest BCUT2D eigenvalue weighted by Gasteiger charge is -2.17. The van der Waals surface area contributed by atoms with Crippen molar-refractivity contribution in [3.63, 3.8) is 0 Å². The molecule has 1 aromatic carbocycles. The molecule has 0 fully saturated rings. The van der Waals surface area contributed by atoms with Gasteiger partial charge < -0.3 is 5.32 Å². The molecule has 0 saturated heterocycles. The largest absolute Gasteiger partial charge is 0.311 e. The molecule has 1 unspecified atom stereocenters. The molecular weight excluding hydrogens is 279 g/mol. The maximum Gasteiger partial charge on any atom is 0.0625 e. The fourth-order valence-electron chi connectivity index (χ4n) is 2.04. The molecule has 4 heteroatoms. The van der Waals surface area contributed by atoms with Gasteiger partial charge in [0.25, 0.3) is 0 Å². The summed E-state index contributed by atoms with van der Waals surface area (Å²) in [5.41, 5.74) is 3.05. The zero-order valence-electron chi connectivity index (χ0n) is 11.0. The summed E-state index contributed by atoms with van der Waals surface area (Å²) in [4.78, 5) is 4.55. The van der Waals surface area contributed by atoms with Gasteiger partial charge >= 0.3 is 0 Å². The monoisotopic (exact) mass is 294 g/mol. The first-order valence-electron chi connectivity index (χ1n) is 6.15. The van der Waals surface area contributed by atoms with Gasteiger partial charge in [-0.05, 0) is 44.2 Å². The zero-order valence-corrected chi connectivity index (χ0v) is 12.5. The Labute approximate surface area is 123 Å². The highest BCUT2D eigenvalue weighted by Gasteiger charge is 2.14. The van der Waals surface area contributed by atoms with Crippen molar-refractivity contribution in [2.45, 2.75) is 19.4 Å². The average molecular weight is 295 g/mol. The number of nitrogens with zero attached hydrogens (tertiary/aromatic N) is 1. The summed E-state index contributed by atoms with van der Waals surface area (Å²) in [6, 6.07) is 11.9. The van der Waals surface area contributed by atoms with E-state index in [4.69, 9.17) is 23.2 Å². The number of nitrogens with one attached hydrogen (secondary N) is 1. The van der Waals surface area contributed by atoms with Crippen molar-refractivity contribution < 1.29 is 0 Å². The van der Waals surface area contributed by atoms with Crippen molar-refractivity contribution in [3.05, 3.63) is 63.4 Å². The molecule has 1 aromatic heterocycles. The molecule has 0 saturated carbocycles. The van der Waals surface area contributed by atoms with Crippen LogP contribution in [0.4, 0.5) is 0 Å². The molecule has 100 valence electrons. The minimum absolute atomic E-state index is 0.121. The van der Waals surface area contributed by atoms with Crippen LogP contribution in [-0.2, 0) is 6.42 Å². The van der Waals surface area contributed by atoms with Crippen molar-refractivity contribution in [3.8, 4) is 0 Å². The number of rotatable bonds is 4. The summed E-state index contributed by atoms with van der Waals surface area (Å²) >= 11 is 12.3. The lowest BCUT2D eigenvalue weighted by Crippen LogP contribution is -2.20. The average Bonchev–Trinajstić information content (AvgIpc) is 2.40. The molecule has 0 spiro atoms. The first kappa shape index (κ1) is 14.3. The Balaban J connectivity index is 2.26. The topological polar surface area (TPSA) is 24.9 Å². The molecule has 1 N–H and O–H groups in total. The molecule has 0 aliphatic heterocycles. The smallest absolute Gasteiger partial charge is 0.0625 e. The molecule has 1 atom stereocenters. The van der Waals surface area contributed by atoms with Crippen LogP contribution in [0.15, 0.2) is 36.4 Å². The summed E-state index contributed by atoms with van der Waals surface area (Å²) in [5.74, 6) is 0. The SMILES string of the molecule is CNC(Cc1cccc(Cl)c1Cl)c1cccc(C)n1. The highest BCUT2D eigenvalue weighted by atomic mass is 35.5. The van der Waals surface area contributed by atoms with Gasteiger partial charge in [0, 0.05) is 5.69 Å². The zero-order chi connectivity index (χ0) is 13.8. The van der Waals surface area contributed by atoms with Gasteiger partial charge in [0.05, 0.1) is 21.8 Å². The standard InChI is InChI=1S/C15H16Cl2N2/c1-10-5-3-8-13(19-10)14(18-2)9-11-6-4-7-12(16)15(11)17/h3-8,14,18H,9H2,1-2H3. The summed E-state index contributed by atoms with van der Waals surface area (Å²) in [5, 5.41) is 4.49. The van der Waals surface area contributed by atoms with E-state index in [1.165, 1.54) is 0 Å². The fraction of sp³-hybridized carbons (Fsp3) is 0.267. The van der Waals surface area contributed by atoms with E-state index in [-0.39, 0.29) is 6.04 Å². The Morgan fingerprint density at radius 3 is 2.58 bits per heavy atom. The maximum absolute atomic E-state index is 6.23. The van der Waals surface area contributed by atoms with Gasteiger partial charge in [0.2, 0.25) is 0 Å². The van der Waals surface area contributed by atoms with Crippen LogP contribution in [0.5, 0.6) is 0 Å². The highest BCUT2D eigenvalue weighted by Crippen LogP contribution is 2.28. The molecule has 0 aliphatic carbocycles. The van der Waals surface area contributed by atoms with Crippen LogP contribution < -0.4 is 5.32 Å². The summed E-state index contributed by atoms with van der Waals surface area (Å²) in [7, 11) is 1.92. The molecule has 2 nitrogen and oxygen atoms in total. The van der Waals surface area contributed by atoms with Crippen molar-refractivity contribution in [1.29, 1.82) is 0 Å². The van der Waals surface area contributed by atoms with Gasteiger partial charge in [-0.1, -0.05) is 41.4 Å². The van der Waals surface area contributed by atoms with E-state index in [0.29, 0.717) is 10.0 Å². The van der Waals surface area contributed by atoms with Gasteiger partial charge in [-0.2, -0.15) is 0 Å². The van der Waals surface area contributed by atoms with Gasteiger partial charge in [0.15, 0.2) is 0 Å². The Morgan fingerprint density at radius 2 is 1.89 bits per heavy atom. The third-order valence-electron chi connectivity index (χ3n) is 3.07. The molecule has 2 rings (SSSR count). The Hall–Kier alpha value is -1.09. The number of hydrogen-bond acceptors (Lipinski definition) is 2. The maximum atomic E-state index is 6.23. The number of aromatic nitrogens is 1. The lowest BCUT2D eigenvalue weighted by atomic mass is 10.0. The van der Waals surface area contributed by atoms with E-state index in [1.807, 2.05) is 44.3 Å². The predicted molar refractivity (Wildman–Crippen MR) is 80.9 cm³/mol. The van der Waals surface area contributed by atoms with E-state index in [1.54, 1.807) is 6.07 Å². The van der Waals surface area contributed by atoms with Crippen LogP contribution in [-0.4, -0.2) is 12.0 Å². The fourth-order valence-corrected chi connectivity index (χ4v) is 2.44. The van der Waals surface area contributed by atoms with E-state index >= 15 is 0 Å². The third kappa shape index (κ3) is 3.47. The number of likely N-dealkylation sites (N-methyl/N-ethyl adjacent to an activating group) is 1. The second kappa shape index (κ2) is 6.38. The molecule has 0 bridgehead atoms. The van der Waals surface area contributed by atoms with Gasteiger partial charge in [-0.3, -0.25) is 4.98 Å². The van der Waals surface area contributed by atoms with E-state index in [9.17, 15) is 0 Å². The van der Waals surface area contributed by atoms with Crippen LogP contribution in [0, 0.1) is 6.92 Å². The van der Waals surface area contributed by atoms with Crippen LogP contribution >= 0.6 is 23.2 Å². The second-order valence-corrected chi connectivity index (χ2v) is 5.25. The minimum Gasteiger partial charge on any atom is -0.311 e. The predicted octanol–water partition coefficient (Wildman–Crippen LogP) is 4.20. The quantitative estimate of drug-likeness (QED) is 0.914. The van der Waals surface area contributed by atoms with Crippen molar-refractivity contribution >= 4 is 23.2 Å². The molecule has 2 aromatic rings. The van der Waals surface area contributed by atoms with E-state index in [0.717, 1.165) is 23.4 Å². The Kier molecular flexibility index (Phi) is 4.81. The van der Waals surface area contributed by atoms with Crippen LogP contribution in [0.25, 0.3) is 0 Å². The Morgan fingerprint density at radius 1 is 1.16 bits per heavy atom. The van der Waals surface area contributed by atoms with Crippen LogP contribution in [0.2, 0.25) is 10.0 Å². The van der Waals surface area contributed by atoms with Crippen LogP contribution in [0.1, 0.15) is 23.0 Å². The van der Waals surface area contributed by atoms with Gasteiger partial charge in [0.1, 0.15) is 0 Å². The summed E-state index contributed by atoms with van der Waals surface area (Å²) in [6.07, 6.45) is 0.756. The van der Waals surface area contributed by atoms with Crippen molar-refractivity contribution in [1.82, 2.24) is 10.3 Å². The molecule has 0 radical (unpaired) electrons. The molecule has 0 amide bonds. The van der Waals surface area contributed by atoms with Crippen molar-refractivity contribution in [2.24, 2.45) is 0 Å². The molecule has 1 heterocycles. The first-order valence-corrected chi connectivity index (χ1v) is 6.91. The van der Waals surface area contributed by atoms with Gasteiger partial charge in [-0.25, -0.2) is 0 Å². The summed E-state index contributed by atoms with van der Waals surface area (Å²) in [6.45, 7) is 1.99. The molecule has 0 aliphatic rings. The minimum atomic E-state index is 0.121. The van der Waals surface area contributed by atoms with E-state index in [2.05, 4.69) is 10.3 Å². The number of aryl methyl sites for hydroxylation is 1. The lowest BCUT2D eigenvalue weighted by molar-refractivity contribution is 0.574. The third-order valence-corrected chi connectivity index (χ3v) is 3.93. The van der Waals surface area contributed by atoms with Gasteiger partial charge in [-0.15, -0.1) is 0 Å². The molecule has 19 heavy (non-hydrogen) atoms. The number of benzene rings is 1. The van der Waals surface area contributed by atoms with Crippen molar-refractivity contribution in [2.75, 3.05) is 7.05 Å². The number of pyridine rings is 1. The normalized spacial score (nSPS) is 12.4. The number of halogens is 2. The van der Waals surface area contributed by atoms with Crippen LogP contribution in [0.3, 0.4) is 0 Å². The highest BCUT2D eigenvalue weighted by molar-refractivity contribution is 6.42. The van der Waals surface area contributed by atoms with E-state index < -0.39 is 0 Å². The molecular formula is C15H16Cl2N2. The first-order chi connectivity index (χ1) is 9.11. The second-order valence-electron chi connectivity index (χ2n) is 4.46.